The van der Waals surface area contributed by atoms with E-state index in [2.05, 4.69) is 0 Å². The number of phenols is 1. The van der Waals surface area contributed by atoms with Crippen molar-refractivity contribution in [2.45, 2.75) is 20.3 Å². The van der Waals surface area contributed by atoms with E-state index in [4.69, 9.17) is 0 Å². The zero-order valence-corrected chi connectivity index (χ0v) is 8.45. The molecule has 14 heavy (non-hydrogen) atoms. The van der Waals surface area contributed by atoms with Crippen LogP contribution in [0.2, 0.25) is 0 Å². The van der Waals surface area contributed by atoms with Crippen molar-refractivity contribution in [3.63, 3.8) is 0 Å². The zero-order chi connectivity index (χ0) is 10.6. The number of carbonyl (C=O) groups excluding carboxylic acids is 1. The van der Waals surface area contributed by atoms with Gasteiger partial charge in [0, 0.05) is 12.0 Å². The maximum absolute atomic E-state index is 11.4. The van der Waals surface area contributed by atoms with E-state index in [9.17, 15) is 9.90 Å². The number of aromatic hydroxyl groups is 1. The molecule has 0 amide bonds. The van der Waals surface area contributed by atoms with Gasteiger partial charge in [-0.2, -0.15) is 0 Å². The van der Waals surface area contributed by atoms with Gasteiger partial charge in [-0.25, -0.2) is 0 Å². The van der Waals surface area contributed by atoms with Crippen LogP contribution in [0.25, 0.3) is 6.08 Å². The molecule has 0 bridgehead atoms. The summed E-state index contributed by atoms with van der Waals surface area (Å²) >= 11 is 0. The fourth-order valence-corrected chi connectivity index (χ4v) is 1.29. The molecule has 0 saturated heterocycles. The fourth-order valence-electron chi connectivity index (χ4n) is 1.29. The first-order valence-corrected chi connectivity index (χ1v) is 4.68. The van der Waals surface area contributed by atoms with Gasteiger partial charge in [-0.1, -0.05) is 31.2 Å². The molecule has 0 aromatic heterocycles. The van der Waals surface area contributed by atoms with Gasteiger partial charge in [0.1, 0.15) is 5.75 Å². The number of carbonyl (C=O) groups is 1. The highest BCUT2D eigenvalue weighted by atomic mass is 16.3. The van der Waals surface area contributed by atoms with E-state index in [1.165, 1.54) is 0 Å². The first-order valence-electron chi connectivity index (χ1n) is 4.68. The SMILES string of the molecule is C/C=C\c1cccc(C(=O)CC)c1O. The summed E-state index contributed by atoms with van der Waals surface area (Å²) in [5, 5.41) is 9.75. The van der Waals surface area contributed by atoms with E-state index in [0.29, 0.717) is 17.5 Å². The summed E-state index contributed by atoms with van der Waals surface area (Å²) in [6, 6.07) is 5.20. The predicted molar refractivity (Wildman–Crippen MR) is 57.4 cm³/mol. The number of allylic oxidation sites excluding steroid dienone is 1. The van der Waals surface area contributed by atoms with Crippen LogP contribution in [0.1, 0.15) is 36.2 Å². The average Bonchev–Trinajstić information content (AvgIpc) is 2.20. The highest BCUT2D eigenvalue weighted by molar-refractivity contribution is 5.99. The van der Waals surface area contributed by atoms with Gasteiger partial charge in [0.25, 0.3) is 0 Å². The number of ketones is 1. The molecule has 0 unspecified atom stereocenters. The standard InChI is InChI=1S/C12H14O2/c1-3-6-9-7-5-8-10(12(9)14)11(13)4-2/h3,5-8,14H,4H2,1-2H3/b6-3-. The Balaban J connectivity index is 3.20. The van der Waals surface area contributed by atoms with Crippen LogP contribution in [0.5, 0.6) is 5.75 Å². The molecular weight excluding hydrogens is 176 g/mol. The largest absolute Gasteiger partial charge is 0.507 e. The molecule has 0 fully saturated rings. The molecule has 1 aromatic carbocycles. The van der Waals surface area contributed by atoms with E-state index in [-0.39, 0.29) is 11.5 Å². The molecule has 0 spiro atoms. The van der Waals surface area contributed by atoms with Gasteiger partial charge in [-0.15, -0.1) is 0 Å². The van der Waals surface area contributed by atoms with Gasteiger partial charge in [0.15, 0.2) is 5.78 Å². The second kappa shape index (κ2) is 4.61. The number of hydrogen-bond acceptors (Lipinski definition) is 2. The summed E-state index contributed by atoms with van der Waals surface area (Å²) < 4.78 is 0. The van der Waals surface area contributed by atoms with Crippen LogP contribution in [-0.4, -0.2) is 10.9 Å². The molecular formula is C12H14O2. The van der Waals surface area contributed by atoms with Crippen LogP contribution in [0.4, 0.5) is 0 Å². The molecule has 2 nitrogen and oxygen atoms in total. The molecule has 1 rings (SSSR count). The van der Waals surface area contributed by atoms with Gasteiger partial charge in [-0.3, -0.25) is 4.79 Å². The monoisotopic (exact) mass is 190 g/mol. The van der Waals surface area contributed by atoms with Gasteiger partial charge in [-0.05, 0) is 13.0 Å². The molecule has 0 aliphatic rings. The van der Waals surface area contributed by atoms with Crippen molar-refractivity contribution in [3.05, 3.63) is 35.4 Å². The maximum Gasteiger partial charge on any atom is 0.166 e. The molecule has 2 heteroatoms. The van der Waals surface area contributed by atoms with Gasteiger partial charge >= 0.3 is 0 Å². The Morgan fingerprint density at radius 2 is 2.21 bits per heavy atom. The van der Waals surface area contributed by atoms with E-state index < -0.39 is 0 Å². The number of phenolic OH excluding ortho intramolecular Hbond substituents is 1. The van der Waals surface area contributed by atoms with E-state index in [1.807, 2.05) is 13.0 Å². The Labute approximate surface area is 83.9 Å². The minimum Gasteiger partial charge on any atom is -0.507 e. The van der Waals surface area contributed by atoms with Gasteiger partial charge in [0.2, 0.25) is 0 Å². The lowest BCUT2D eigenvalue weighted by molar-refractivity contribution is 0.0985. The van der Waals surface area contributed by atoms with Crippen molar-refractivity contribution in [2.75, 3.05) is 0 Å². The number of Topliss-reactive ketones (excluding diaryl/α,β-unsaturated/α-hetero) is 1. The molecule has 0 radical (unpaired) electrons. The topological polar surface area (TPSA) is 37.3 Å². The quantitative estimate of drug-likeness (QED) is 0.744. The molecule has 1 N–H and O–H groups in total. The van der Waals surface area contributed by atoms with Crippen molar-refractivity contribution in [1.82, 2.24) is 0 Å². The highest BCUT2D eigenvalue weighted by Gasteiger charge is 2.10. The Morgan fingerprint density at radius 1 is 1.50 bits per heavy atom. The van der Waals surface area contributed by atoms with Crippen LogP contribution in [0, 0.1) is 0 Å². The molecule has 0 saturated carbocycles. The predicted octanol–water partition coefficient (Wildman–Crippen LogP) is 3.02. The Kier molecular flexibility index (Phi) is 3.46. The second-order valence-electron chi connectivity index (χ2n) is 3.02. The molecule has 74 valence electrons. The van der Waals surface area contributed by atoms with E-state index in [0.717, 1.165) is 0 Å². The third kappa shape index (κ3) is 2.02. The number of hydrogen-bond donors (Lipinski definition) is 1. The lowest BCUT2D eigenvalue weighted by Crippen LogP contribution is -1.97. The average molecular weight is 190 g/mol. The van der Waals surface area contributed by atoms with Crippen molar-refractivity contribution < 1.29 is 9.90 Å². The summed E-state index contributed by atoms with van der Waals surface area (Å²) in [7, 11) is 0. The van der Waals surface area contributed by atoms with Crippen LogP contribution in [0.15, 0.2) is 24.3 Å². The molecule has 0 aliphatic heterocycles. The first-order chi connectivity index (χ1) is 6.70. The minimum absolute atomic E-state index is 0.0335. The second-order valence-corrected chi connectivity index (χ2v) is 3.02. The first kappa shape index (κ1) is 10.5. The lowest BCUT2D eigenvalue weighted by Gasteiger charge is -2.04. The molecule has 0 aliphatic carbocycles. The summed E-state index contributed by atoms with van der Waals surface area (Å²) in [4.78, 5) is 11.4. The van der Waals surface area contributed by atoms with Gasteiger partial charge in [0.05, 0.1) is 5.56 Å². The van der Waals surface area contributed by atoms with Crippen LogP contribution >= 0.6 is 0 Å². The van der Waals surface area contributed by atoms with Crippen molar-refractivity contribution >= 4 is 11.9 Å². The number of benzene rings is 1. The molecule has 0 atom stereocenters. The number of para-hydroxylation sites is 1. The smallest absolute Gasteiger partial charge is 0.166 e. The lowest BCUT2D eigenvalue weighted by atomic mass is 10.0. The van der Waals surface area contributed by atoms with E-state index in [1.54, 1.807) is 31.2 Å². The van der Waals surface area contributed by atoms with Crippen LogP contribution in [0.3, 0.4) is 0 Å². The van der Waals surface area contributed by atoms with Crippen LogP contribution < -0.4 is 0 Å². The Morgan fingerprint density at radius 3 is 2.79 bits per heavy atom. The summed E-state index contributed by atoms with van der Waals surface area (Å²) in [5.41, 5.74) is 1.09. The summed E-state index contributed by atoms with van der Waals surface area (Å²) in [6.07, 6.45) is 4.02. The highest BCUT2D eigenvalue weighted by Crippen LogP contribution is 2.24. The zero-order valence-electron chi connectivity index (χ0n) is 8.45. The minimum atomic E-state index is -0.0335. The normalized spacial score (nSPS) is 10.7. The Bertz CT molecular complexity index is 365. The summed E-state index contributed by atoms with van der Waals surface area (Å²) in [6.45, 7) is 3.65. The molecule has 1 aromatic rings. The van der Waals surface area contributed by atoms with Crippen molar-refractivity contribution in [1.29, 1.82) is 0 Å². The number of rotatable bonds is 3. The third-order valence-electron chi connectivity index (χ3n) is 2.03. The third-order valence-corrected chi connectivity index (χ3v) is 2.03. The molecule has 0 heterocycles. The van der Waals surface area contributed by atoms with Crippen molar-refractivity contribution in [3.8, 4) is 5.75 Å². The fraction of sp³-hybridized carbons (Fsp3) is 0.250. The Hall–Kier alpha value is -1.57. The van der Waals surface area contributed by atoms with Crippen LogP contribution in [-0.2, 0) is 0 Å². The van der Waals surface area contributed by atoms with E-state index >= 15 is 0 Å². The van der Waals surface area contributed by atoms with Crippen molar-refractivity contribution in [2.24, 2.45) is 0 Å². The maximum atomic E-state index is 11.4. The van der Waals surface area contributed by atoms with Gasteiger partial charge < -0.3 is 5.11 Å². The summed E-state index contributed by atoms with van der Waals surface area (Å²) in [5.74, 6) is 0.0475.